The molecule has 5 heteroatoms. The number of amides is 2. The van der Waals surface area contributed by atoms with Crippen LogP contribution in [0.4, 0.5) is 0 Å². The van der Waals surface area contributed by atoms with Crippen molar-refractivity contribution in [2.45, 2.75) is 26.3 Å². The topological polar surface area (TPSA) is 58.6 Å². The first-order valence-electron chi connectivity index (χ1n) is 9.34. The van der Waals surface area contributed by atoms with E-state index in [4.69, 9.17) is 4.74 Å². The molecule has 3 rings (SSSR count). The Balaban J connectivity index is 1.53. The van der Waals surface area contributed by atoms with E-state index in [2.05, 4.69) is 5.32 Å². The van der Waals surface area contributed by atoms with E-state index in [-0.39, 0.29) is 17.7 Å². The normalized spacial score (nSPS) is 14.7. The Morgan fingerprint density at radius 3 is 2.44 bits per heavy atom. The van der Waals surface area contributed by atoms with Gasteiger partial charge in [0.2, 0.25) is 5.91 Å². The largest absolute Gasteiger partial charge is 0.496 e. The Kier molecular flexibility index (Phi) is 6.12. The van der Waals surface area contributed by atoms with Crippen molar-refractivity contribution in [1.82, 2.24) is 10.2 Å². The van der Waals surface area contributed by atoms with Gasteiger partial charge in [-0.15, -0.1) is 0 Å². The monoisotopic (exact) mass is 366 g/mol. The van der Waals surface area contributed by atoms with Crippen molar-refractivity contribution in [3.8, 4) is 5.75 Å². The number of likely N-dealkylation sites (tertiary alicyclic amines) is 1. The molecule has 0 saturated carbocycles. The molecule has 27 heavy (non-hydrogen) atoms. The summed E-state index contributed by atoms with van der Waals surface area (Å²) >= 11 is 0. The van der Waals surface area contributed by atoms with Gasteiger partial charge in [-0.3, -0.25) is 9.59 Å². The minimum absolute atomic E-state index is 0.0359. The van der Waals surface area contributed by atoms with Crippen molar-refractivity contribution in [1.29, 1.82) is 0 Å². The summed E-state index contributed by atoms with van der Waals surface area (Å²) in [6.45, 7) is 3.76. The highest BCUT2D eigenvalue weighted by atomic mass is 16.5. The van der Waals surface area contributed by atoms with E-state index >= 15 is 0 Å². The van der Waals surface area contributed by atoms with Crippen LogP contribution < -0.4 is 10.1 Å². The maximum Gasteiger partial charge on any atom is 0.257 e. The molecule has 0 bridgehead atoms. The number of piperidine rings is 1. The first-order chi connectivity index (χ1) is 13.1. The number of carbonyl (C=O) groups excluding carboxylic acids is 2. The Bertz CT molecular complexity index is 811. The molecule has 1 fully saturated rings. The molecule has 0 spiro atoms. The van der Waals surface area contributed by atoms with Gasteiger partial charge in [0.05, 0.1) is 12.7 Å². The number of hydrogen-bond donors (Lipinski definition) is 1. The maximum absolute atomic E-state index is 12.7. The summed E-state index contributed by atoms with van der Waals surface area (Å²) in [4.78, 5) is 27.1. The molecule has 2 amide bonds. The highest BCUT2D eigenvalue weighted by molar-refractivity contribution is 5.97. The first-order valence-corrected chi connectivity index (χ1v) is 9.34. The van der Waals surface area contributed by atoms with E-state index in [0.29, 0.717) is 43.8 Å². The number of hydrogen-bond acceptors (Lipinski definition) is 3. The minimum atomic E-state index is -0.0456. The first kappa shape index (κ1) is 19.0. The lowest BCUT2D eigenvalue weighted by atomic mass is 9.95. The lowest BCUT2D eigenvalue weighted by Crippen LogP contribution is -2.43. The number of carbonyl (C=O) groups is 2. The third-order valence-corrected chi connectivity index (χ3v) is 5.20. The average molecular weight is 366 g/mol. The quantitative estimate of drug-likeness (QED) is 0.884. The van der Waals surface area contributed by atoms with Gasteiger partial charge in [0.25, 0.3) is 5.91 Å². The van der Waals surface area contributed by atoms with Gasteiger partial charge in [-0.05, 0) is 43.0 Å². The van der Waals surface area contributed by atoms with Crippen molar-refractivity contribution >= 4 is 11.8 Å². The second kappa shape index (κ2) is 8.71. The second-order valence-electron chi connectivity index (χ2n) is 6.91. The molecule has 0 atom stereocenters. The number of benzene rings is 2. The van der Waals surface area contributed by atoms with E-state index < -0.39 is 0 Å². The van der Waals surface area contributed by atoms with Crippen LogP contribution in [0.15, 0.2) is 48.5 Å². The smallest absolute Gasteiger partial charge is 0.257 e. The molecule has 2 aromatic carbocycles. The van der Waals surface area contributed by atoms with Crippen LogP contribution in [0.5, 0.6) is 5.75 Å². The van der Waals surface area contributed by atoms with Crippen LogP contribution in [0.2, 0.25) is 0 Å². The summed E-state index contributed by atoms with van der Waals surface area (Å²) in [7, 11) is 1.57. The fourth-order valence-corrected chi connectivity index (χ4v) is 3.47. The third kappa shape index (κ3) is 4.48. The summed E-state index contributed by atoms with van der Waals surface area (Å²) in [5.41, 5.74) is 2.88. The fourth-order valence-electron chi connectivity index (χ4n) is 3.47. The molecular formula is C22H26N2O3. The molecule has 1 saturated heterocycles. The van der Waals surface area contributed by atoms with Crippen molar-refractivity contribution in [3.63, 3.8) is 0 Å². The number of aryl methyl sites for hydroxylation is 1. The van der Waals surface area contributed by atoms with Crippen LogP contribution in [-0.4, -0.2) is 36.9 Å². The van der Waals surface area contributed by atoms with Gasteiger partial charge in [0.1, 0.15) is 5.75 Å². The lowest BCUT2D eigenvalue weighted by molar-refractivity contribution is -0.126. The zero-order chi connectivity index (χ0) is 19.2. The molecule has 2 aromatic rings. The molecule has 5 nitrogen and oxygen atoms in total. The number of nitrogens with zero attached hydrogens (tertiary/aromatic N) is 1. The Labute approximate surface area is 160 Å². The fraction of sp³-hybridized carbons (Fsp3) is 0.364. The molecular weight excluding hydrogens is 340 g/mol. The second-order valence-corrected chi connectivity index (χ2v) is 6.91. The summed E-state index contributed by atoms with van der Waals surface area (Å²) in [6, 6.07) is 15.3. The van der Waals surface area contributed by atoms with Crippen LogP contribution in [0.1, 0.15) is 34.3 Å². The van der Waals surface area contributed by atoms with Crippen LogP contribution >= 0.6 is 0 Å². The van der Waals surface area contributed by atoms with Crippen LogP contribution in [0.3, 0.4) is 0 Å². The summed E-state index contributed by atoms with van der Waals surface area (Å²) < 4.78 is 5.29. The minimum Gasteiger partial charge on any atom is -0.496 e. The molecule has 1 heterocycles. The van der Waals surface area contributed by atoms with E-state index in [9.17, 15) is 9.59 Å². The Morgan fingerprint density at radius 1 is 1.07 bits per heavy atom. The zero-order valence-corrected chi connectivity index (χ0v) is 15.9. The molecule has 1 N–H and O–H groups in total. The highest BCUT2D eigenvalue weighted by Gasteiger charge is 2.28. The summed E-state index contributed by atoms with van der Waals surface area (Å²) in [5.74, 6) is 0.574. The van der Waals surface area contributed by atoms with Gasteiger partial charge in [-0.25, -0.2) is 0 Å². The molecule has 1 aliphatic rings. The Morgan fingerprint density at radius 2 is 1.74 bits per heavy atom. The van der Waals surface area contributed by atoms with Gasteiger partial charge in [0.15, 0.2) is 0 Å². The maximum atomic E-state index is 12.7. The third-order valence-electron chi connectivity index (χ3n) is 5.20. The molecule has 0 radical (unpaired) electrons. The molecule has 0 aliphatic carbocycles. The van der Waals surface area contributed by atoms with Gasteiger partial charge in [0, 0.05) is 25.6 Å². The predicted molar refractivity (Wildman–Crippen MR) is 105 cm³/mol. The lowest BCUT2D eigenvalue weighted by Gasteiger charge is -2.31. The van der Waals surface area contributed by atoms with Crippen molar-refractivity contribution in [2.24, 2.45) is 5.92 Å². The average Bonchev–Trinajstić information content (AvgIpc) is 2.72. The number of rotatable bonds is 5. The number of nitrogens with one attached hydrogen (secondary N) is 1. The van der Waals surface area contributed by atoms with Gasteiger partial charge >= 0.3 is 0 Å². The molecule has 142 valence electrons. The van der Waals surface area contributed by atoms with E-state index in [1.165, 1.54) is 5.56 Å². The molecule has 0 unspecified atom stereocenters. The zero-order valence-electron chi connectivity index (χ0n) is 15.9. The van der Waals surface area contributed by atoms with Crippen LogP contribution in [0, 0.1) is 12.8 Å². The van der Waals surface area contributed by atoms with E-state index in [0.717, 1.165) is 5.56 Å². The SMILES string of the molecule is COc1ccccc1C(=O)N1CCC(C(=O)NCc2ccccc2C)CC1. The Hall–Kier alpha value is -2.82. The van der Waals surface area contributed by atoms with E-state index in [1.54, 1.807) is 19.2 Å². The summed E-state index contributed by atoms with van der Waals surface area (Å²) in [6.07, 6.45) is 1.36. The predicted octanol–water partition coefficient (Wildman–Crippen LogP) is 3.17. The number of ether oxygens (including phenoxy) is 1. The van der Waals surface area contributed by atoms with E-state index in [1.807, 2.05) is 48.2 Å². The highest BCUT2D eigenvalue weighted by Crippen LogP contribution is 2.23. The standard InChI is InChI=1S/C22H26N2O3/c1-16-7-3-4-8-18(16)15-23-21(25)17-11-13-24(14-12-17)22(26)19-9-5-6-10-20(19)27-2/h3-10,17H,11-15H2,1-2H3,(H,23,25). The van der Waals surface area contributed by atoms with Gasteiger partial charge in [-0.2, -0.15) is 0 Å². The van der Waals surface area contributed by atoms with Gasteiger partial charge in [-0.1, -0.05) is 36.4 Å². The molecule has 0 aromatic heterocycles. The number of para-hydroxylation sites is 1. The molecule has 1 aliphatic heterocycles. The number of methoxy groups -OCH3 is 1. The van der Waals surface area contributed by atoms with Crippen molar-refractivity contribution < 1.29 is 14.3 Å². The van der Waals surface area contributed by atoms with Crippen molar-refractivity contribution in [3.05, 3.63) is 65.2 Å². The van der Waals surface area contributed by atoms with Crippen LogP contribution in [0.25, 0.3) is 0 Å². The summed E-state index contributed by atoms with van der Waals surface area (Å²) in [5, 5.41) is 3.04. The van der Waals surface area contributed by atoms with Crippen LogP contribution in [-0.2, 0) is 11.3 Å². The van der Waals surface area contributed by atoms with Crippen molar-refractivity contribution in [2.75, 3.05) is 20.2 Å². The van der Waals surface area contributed by atoms with Gasteiger partial charge < -0.3 is 15.0 Å².